The van der Waals surface area contributed by atoms with E-state index in [1.54, 1.807) is 7.05 Å². The standard InChI is InChI=1S/C3H9NO3.CH4O4S.NO3.H3N/c1-4-2-3(5,6)7;1-5-6(2,3)4;2-1(3)4;/h4-7H,2H2,1H3;1H3,(H,2,3,4);;1H3/q;;-1;/p+1. The van der Waals surface area contributed by atoms with Crippen LogP contribution < -0.4 is 11.5 Å². The quantitative estimate of drug-likeness (QED) is 0.111. The topological polar surface area (TPSA) is 246 Å². The molecule has 0 aromatic rings. The molecular formula is C4H17N3O10S. The highest BCUT2D eigenvalue weighted by Gasteiger charge is 2.18. The van der Waals surface area contributed by atoms with Crippen LogP contribution in [0.25, 0.3) is 0 Å². The lowest BCUT2D eigenvalue weighted by Crippen LogP contribution is -2.84. The molecule has 0 saturated heterocycles. The van der Waals surface area contributed by atoms with E-state index in [-0.39, 0.29) is 12.7 Å². The summed E-state index contributed by atoms with van der Waals surface area (Å²) in [5, 5.41) is 40.5. The first kappa shape index (κ1) is 25.7. The summed E-state index contributed by atoms with van der Waals surface area (Å²) in [5.41, 5.74) is 0. The number of quaternary nitrogens is 2. The lowest BCUT2D eigenvalue weighted by Gasteiger charge is -2.08. The van der Waals surface area contributed by atoms with Gasteiger partial charge in [0, 0.05) is 0 Å². The lowest BCUT2D eigenvalue weighted by molar-refractivity contribution is -0.664. The van der Waals surface area contributed by atoms with Crippen molar-refractivity contribution in [2.24, 2.45) is 0 Å². The summed E-state index contributed by atoms with van der Waals surface area (Å²) >= 11 is 0. The molecule has 0 aromatic heterocycles. The van der Waals surface area contributed by atoms with Crippen LogP contribution in [0, 0.1) is 15.3 Å². The third-order valence-corrected chi connectivity index (χ3v) is 1.09. The van der Waals surface area contributed by atoms with Gasteiger partial charge in [-0.1, -0.05) is 0 Å². The molecule has 0 saturated carbocycles. The van der Waals surface area contributed by atoms with Gasteiger partial charge in [0.05, 0.1) is 19.2 Å². The van der Waals surface area contributed by atoms with Gasteiger partial charge < -0.3 is 46.7 Å². The third-order valence-electron chi connectivity index (χ3n) is 0.682. The van der Waals surface area contributed by atoms with Crippen LogP contribution in [0.4, 0.5) is 0 Å². The van der Waals surface area contributed by atoms with Crippen LogP contribution in [0.15, 0.2) is 0 Å². The summed E-state index contributed by atoms with van der Waals surface area (Å²) in [5.74, 6) is -2.51. The van der Waals surface area contributed by atoms with Crippen molar-refractivity contribution in [1.82, 2.24) is 6.15 Å². The molecule has 0 aromatic carbocycles. The molecule has 9 N–H and O–H groups in total. The number of nitrogens with zero attached hydrogens (tertiary/aromatic N) is 1. The summed E-state index contributed by atoms with van der Waals surface area (Å²) in [6.45, 7) is -0.118. The predicted octanol–water partition coefficient (Wildman–Crippen LogP) is -3.96. The van der Waals surface area contributed by atoms with E-state index in [4.69, 9.17) is 30.6 Å². The molecule has 0 bridgehead atoms. The van der Waals surface area contributed by atoms with Crippen molar-refractivity contribution in [1.29, 1.82) is 0 Å². The molecular weight excluding hydrogens is 282 g/mol. The summed E-state index contributed by atoms with van der Waals surface area (Å²) in [6, 6.07) is 0. The number of nitrogens with two attached hydrogens (primary N) is 1. The van der Waals surface area contributed by atoms with Gasteiger partial charge in [-0.25, -0.2) is 8.42 Å². The van der Waals surface area contributed by atoms with Crippen LogP contribution in [-0.4, -0.2) is 60.1 Å². The Bertz CT molecular complexity index is 280. The predicted molar refractivity (Wildman–Crippen MR) is 55.2 cm³/mol. The zero-order valence-corrected chi connectivity index (χ0v) is 10.7. The van der Waals surface area contributed by atoms with Gasteiger partial charge in [0.2, 0.25) is 10.4 Å². The van der Waals surface area contributed by atoms with Crippen molar-refractivity contribution in [3.05, 3.63) is 15.3 Å². The van der Waals surface area contributed by atoms with Crippen molar-refractivity contribution in [2.45, 2.75) is 5.97 Å². The second kappa shape index (κ2) is 12.3. The van der Waals surface area contributed by atoms with E-state index in [9.17, 15) is 13.0 Å². The Hall–Kier alpha value is -1.13. The van der Waals surface area contributed by atoms with E-state index in [0.717, 1.165) is 7.11 Å². The zero-order chi connectivity index (χ0) is 14.7. The van der Waals surface area contributed by atoms with Crippen LogP contribution >= 0.6 is 0 Å². The first-order valence-electron chi connectivity index (χ1n) is 3.63. The van der Waals surface area contributed by atoms with Crippen molar-refractivity contribution < 1.29 is 42.9 Å². The molecule has 0 fully saturated rings. The van der Waals surface area contributed by atoms with Gasteiger partial charge in [-0.3, -0.25) is 4.18 Å². The lowest BCUT2D eigenvalue weighted by atomic mass is 10.6. The number of likely N-dealkylation sites (N-methyl/N-ethyl adjacent to an activating group) is 1. The highest BCUT2D eigenvalue weighted by atomic mass is 32.3. The van der Waals surface area contributed by atoms with Crippen LogP contribution in [-0.2, 0) is 14.6 Å². The van der Waals surface area contributed by atoms with E-state index in [0.29, 0.717) is 0 Å². The largest absolute Gasteiger partial charge is 0.726 e. The minimum absolute atomic E-state index is 0. The maximum atomic E-state index is 9.22. The Morgan fingerprint density at radius 2 is 1.56 bits per heavy atom. The van der Waals surface area contributed by atoms with Crippen LogP contribution in [0.2, 0.25) is 0 Å². The third kappa shape index (κ3) is 83.0. The molecule has 0 amide bonds. The van der Waals surface area contributed by atoms with Crippen molar-refractivity contribution in [3.8, 4) is 0 Å². The van der Waals surface area contributed by atoms with Gasteiger partial charge in [0.25, 0.3) is 0 Å². The van der Waals surface area contributed by atoms with Gasteiger partial charge in [-0.15, -0.1) is 0 Å². The van der Waals surface area contributed by atoms with E-state index in [1.807, 2.05) is 0 Å². The van der Waals surface area contributed by atoms with E-state index < -0.39 is 21.5 Å². The molecule has 18 heavy (non-hydrogen) atoms. The van der Waals surface area contributed by atoms with Crippen LogP contribution in [0.1, 0.15) is 0 Å². The summed E-state index contributed by atoms with van der Waals surface area (Å²) in [6.07, 6.45) is 0. The van der Waals surface area contributed by atoms with Gasteiger partial charge in [-0.05, 0) is 0 Å². The normalized spacial score (nSPS) is 9.89. The number of hydrogen-bond donors (Lipinski definition) is 5. The molecule has 0 aliphatic carbocycles. The smallest absolute Gasteiger partial charge is 0.327 e. The molecule has 0 spiro atoms. The monoisotopic (exact) mass is 299 g/mol. The van der Waals surface area contributed by atoms with E-state index >= 15 is 0 Å². The van der Waals surface area contributed by atoms with E-state index in [2.05, 4.69) is 4.18 Å². The highest BCUT2D eigenvalue weighted by molar-refractivity contribution is 7.80. The molecule has 14 heteroatoms. The summed E-state index contributed by atoms with van der Waals surface area (Å²) < 4.78 is 31.0. The fourth-order valence-electron chi connectivity index (χ4n) is 0.274. The minimum atomic E-state index is -4.41. The molecule has 0 heterocycles. The second-order valence-corrected chi connectivity index (χ2v) is 3.34. The summed E-state index contributed by atoms with van der Waals surface area (Å²) in [4.78, 5) is 8.25. The van der Waals surface area contributed by atoms with Gasteiger partial charge >= 0.3 is 5.97 Å². The highest BCUT2D eigenvalue weighted by Crippen LogP contribution is 1.81. The average Bonchev–Trinajstić information content (AvgIpc) is 2.00. The van der Waals surface area contributed by atoms with Crippen molar-refractivity contribution >= 4 is 10.4 Å². The molecule has 114 valence electrons. The molecule has 13 nitrogen and oxygen atoms in total. The van der Waals surface area contributed by atoms with Gasteiger partial charge in [0.1, 0.15) is 0 Å². The maximum absolute atomic E-state index is 9.22. The first-order chi connectivity index (χ1) is 7.35. The second-order valence-electron chi connectivity index (χ2n) is 2.19. The zero-order valence-electron chi connectivity index (χ0n) is 9.84. The Morgan fingerprint density at radius 1 is 1.33 bits per heavy atom. The van der Waals surface area contributed by atoms with Gasteiger partial charge in [-0.2, -0.15) is 0 Å². The molecule has 0 aliphatic heterocycles. The fourth-order valence-corrected chi connectivity index (χ4v) is 0.274. The van der Waals surface area contributed by atoms with Crippen molar-refractivity contribution in [3.63, 3.8) is 0 Å². The van der Waals surface area contributed by atoms with Crippen molar-refractivity contribution in [2.75, 3.05) is 20.7 Å². The molecule has 0 radical (unpaired) electrons. The number of rotatable bonds is 3. The van der Waals surface area contributed by atoms with Gasteiger partial charge in [0.15, 0.2) is 6.54 Å². The average molecular weight is 299 g/mol. The Kier molecular flexibility index (Phi) is 17.6. The van der Waals surface area contributed by atoms with E-state index in [1.165, 1.54) is 5.32 Å². The Morgan fingerprint density at radius 3 is 1.56 bits per heavy atom. The minimum Gasteiger partial charge on any atom is -0.726 e. The SMILES string of the molecule is COS(=O)(=O)[O-].C[NH2+]CC(O)(O)O.O=[N+]([O-])[O-].[NH4+]. The molecule has 0 aliphatic rings. The fraction of sp³-hybridized carbons (Fsp3) is 1.00. The molecule has 0 rings (SSSR count). The number of aliphatic hydroxyl groups is 3. The molecule has 0 unspecified atom stereocenters. The number of hydrogen-bond acceptors (Lipinski definition) is 10. The maximum Gasteiger partial charge on any atom is 0.327 e. The molecule has 0 atom stereocenters. The Balaban J connectivity index is -0.0000000823. The Labute approximate surface area is 102 Å². The van der Waals surface area contributed by atoms with Crippen LogP contribution in [0.5, 0.6) is 0 Å². The van der Waals surface area contributed by atoms with Crippen LogP contribution in [0.3, 0.4) is 0 Å². The summed E-state index contributed by atoms with van der Waals surface area (Å²) in [7, 11) is -1.98. The first-order valence-corrected chi connectivity index (χ1v) is 4.97.